The van der Waals surface area contributed by atoms with E-state index in [1.54, 1.807) is 0 Å². The maximum Gasteiger partial charge on any atom is 0.123 e. The summed E-state index contributed by atoms with van der Waals surface area (Å²) in [5.41, 5.74) is 1.18. The summed E-state index contributed by atoms with van der Waals surface area (Å²) in [6.45, 7) is 10.2. The summed E-state index contributed by atoms with van der Waals surface area (Å²) in [7, 11) is 0. The highest BCUT2D eigenvalue weighted by Crippen LogP contribution is 2.13. The molecule has 0 fully saturated rings. The molecule has 12 heavy (non-hydrogen) atoms. The van der Waals surface area contributed by atoms with Crippen LogP contribution >= 0.6 is 0 Å². The van der Waals surface area contributed by atoms with Crippen molar-refractivity contribution in [3.8, 4) is 0 Å². The molecule has 0 N–H and O–H groups in total. The van der Waals surface area contributed by atoms with Crippen molar-refractivity contribution in [1.29, 1.82) is 0 Å². The molecule has 0 atom stereocenters. The van der Waals surface area contributed by atoms with Gasteiger partial charge in [-0.15, -0.1) is 13.2 Å². The van der Waals surface area contributed by atoms with Crippen LogP contribution in [0, 0.1) is 5.82 Å². The zero-order chi connectivity index (χ0) is 9.56. The summed E-state index contributed by atoms with van der Waals surface area (Å²) in [6.07, 6.45) is 0. The molecular weight excluding hydrogens is 151 g/mol. The Morgan fingerprint density at radius 1 is 1.08 bits per heavy atom. The summed E-state index contributed by atoms with van der Waals surface area (Å²) in [4.78, 5) is 0. The summed E-state index contributed by atoms with van der Waals surface area (Å²) in [5.74, 6) is 0.324. The fourth-order valence-electron chi connectivity index (χ4n) is 0.848. The highest BCUT2D eigenvalue weighted by Gasteiger charge is 1.96. The van der Waals surface area contributed by atoms with Gasteiger partial charge in [-0.1, -0.05) is 26.0 Å². The highest BCUT2D eigenvalue weighted by molar-refractivity contribution is 5.18. The molecule has 0 unspecified atom stereocenters. The Kier molecular flexibility index (Phi) is 5.02. The predicted octanol–water partition coefficient (Wildman–Crippen LogP) is 3.75. The van der Waals surface area contributed by atoms with Gasteiger partial charge in [-0.2, -0.15) is 0 Å². The molecule has 0 saturated carbocycles. The van der Waals surface area contributed by atoms with Crippen molar-refractivity contribution in [2.45, 2.75) is 19.8 Å². The molecule has 0 aliphatic rings. The minimum absolute atomic E-state index is 0.163. The Morgan fingerprint density at radius 2 is 1.50 bits per heavy atom. The van der Waals surface area contributed by atoms with Crippen LogP contribution in [-0.4, -0.2) is 0 Å². The van der Waals surface area contributed by atoms with Crippen molar-refractivity contribution in [1.82, 2.24) is 0 Å². The first-order valence-corrected chi connectivity index (χ1v) is 3.95. The molecule has 1 rings (SSSR count). The monoisotopic (exact) mass is 166 g/mol. The average molecular weight is 166 g/mol. The predicted molar refractivity (Wildman–Crippen MR) is 51.7 cm³/mol. The Labute approximate surface area is 73.7 Å². The van der Waals surface area contributed by atoms with Crippen LogP contribution in [0.4, 0.5) is 4.39 Å². The molecule has 0 aliphatic heterocycles. The van der Waals surface area contributed by atoms with E-state index in [2.05, 4.69) is 27.0 Å². The molecule has 0 nitrogen and oxygen atoms in total. The summed E-state index contributed by atoms with van der Waals surface area (Å²) >= 11 is 0. The molecule has 0 spiro atoms. The van der Waals surface area contributed by atoms with E-state index in [-0.39, 0.29) is 5.82 Å². The van der Waals surface area contributed by atoms with E-state index < -0.39 is 0 Å². The first-order chi connectivity index (χ1) is 5.70. The smallest absolute Gasteiger partial charge is 0.123 e. The lowest BCUT2D eigenvalue weighted by Crippen LogP contribution is -1.85. The van der Waals surface area contributed by atoms with Crippen molar-refractivity contribution >= 4 is 0 Å². The SMILES string of the molecule is C=C.CC(C)c1ccc(F)cc1. The van der Waals surface area contributed by atoms with Crippen LogP contribution < -0.4 is 0 Å². The van der Waals surface area contributed by atoms with Crippen molar-refractivity contribution in [2.75, 3.05) is 0 Å². The third kappa shape index (κ3) is 3.33. The standard InChI is InChI=1S/C9H11F.C2H4/c1-7(2)8-3-5-9(10)6-4-8;1-2/h3-7H,1-2H3;1-2H2. The molecule has 0 saturated heterocycles. The molecule has 0 heterocycles. The molecule has 0 amide bonds. The van der Waals surface area contributed by atoms with E-state index in [1.165, 1.54) is 17.7 Å². The second-order valence-electron chi connectivity index (χ2n) is 2.71. The van der Waals surface area contributed by atoms with Crippen molar-refractivity contribution in [3.05, 3.63) is 48.8 Å². The first-order valence-electron chi connectivity index (χ1n) is 3.95. The topological polar surface area (TPSA) is 0 Å². The maximum atomic E-state index is 12.4. The molecule has 66 valence electrons. The van der Waals surface area contributed by atoms with E-state index in [1.807, 2.05) is 12.1 Å². The van der Waals surface area contributed by atoms with Crippen LogP contribution in [-0.2, 0) is 0 Å². The molecular formula is C11H15F. The van der Waals surface area contributed by atoms with Gasteiger partial charge in [0.25, 0.3) is 0 Å². The lowest BCUT2D eigenvalue weighted by atomic mass is 10.0. The first kappa shape index (κ1) is 10.9. The maximum absolute atomic E-state index is 12.4. The molecule has 1 aromatic rings. The van der Waals surface area contributed by atoms with E-state index in [0.717, 1.165) is 0 Å². The summed E-state index contributed by atoms with van der Waals surface area (Å²) in [5, 5.41) is 0. The molecule has 1 aromatic carbocycles. The Morgan fingerprint density at radius 3 is 1.83 bits per heavy atom. The second kappa shape index (κ2) is 5.53. The van der Waals surface area contributed by atoms with Crippen LogP contribution in [0.3, 0.4) is 0 Å². The third-order valence-corrected chi connectivity index (χ3v) is 1.54. The van der Waals surface area contributed by atoms with Gasteiger partial charge in [-0.25, -0.2) is 4.39 Å². The Bertz CT molecular complexity index is 211. The third-order valence-electron chi connectivity index (χ3n) is 1.54. The fourth-order valence-corrected chi connectivity index (χ4v) is 0.848. The summed E-state index contributed by atoms with van der Waals surface area (Å²) < 4.78 is 12.4. The van der Waals surface area contributed by atoms with Gasteiger partial charge in [-0.3, -0.25) is 0 Å². The van der Waals surface area contributed by atoms with Gasteiger partial charge >= 0.3 is 0 Å². The number of hydrogen-bond acceptors (Lipinski definition) is 0. The average Bonchev–Trinajstić information content (AvgIpc) is 2.09. The lowest BCUT2D eigenvalue weighted by molar-refractivity contribution is 0.626. The molecule has 0 aliphatic carbocycles. The van der Waals surface area contributed by atoms with E-state index in [4.69, 9.17) is 0 Å². The normalized spacial score (nSPS) is 9.00. The van der Waals surface area contributed by atoms with Crippen LogP contribution in [0.2, 0.25) is 0 Å². The number of halogens is 1. The largest absolute Gasteiger partial charge is 0.207 e. The minimum atomic E-state index is -0.163. The lowest BCUT2D eigenvalue weighted by Gasteiger charge is -2.02. The zero-order valence-electron chi connectivity index (χ0n) is 7.68. The number of benzene rings is 1. The molecule has 0 radical (unpaired) electrons. The number of hydrogen-bond donors (Lipinski definition) is 0. The Balaban J connectivity index is 0.000000561. The second-order valence-corrected chi connectivity index (χ2v) is 2.71. The van der Waals surface area contributed by atoms with Crippen molar-refractivity contribution in [2.24, 2.45) is 0 Å². The van der Waals surface area contributed by atoms with Crippen molar-refractivity contribution in [3.63, 3.8) is 0 Å². The quantitative estimate of drug-likeness (QED) is 0.557. The molecule has 1 heteroatoms. The van der Waals surface area contributed by atoms with Crippen LogP contribution in [0.25, 0.3) is 0 Å². The van der Waals surface area contributed by atoms with Gasteiger partial charge in [0.15, 0.2) is 0 Å². The van der Waals surface area contributed by atoms with Crippen LogP contribution in [0.5, 0.6) is 0 Å². The van der Waals surface area contributed by atoms with Gasteiger partial charge in [0.2, 0.25) is 0 Å². The van der Waals surface area contributed by atoms with Gasteiger partial charge in [-0.05, 0) is 23.6 Å². The van der Waals surface area contributed by atoms with E-state index in [0.29, 0.717) is 5.92 Å². The Hall–Kier alpha value is -1.11. The van der Waals surface area contributed by atoms with Crippen LogP contribution in [0.15, 0.2) is 37.4 Å². The molecule has 0 aromatic heterocycles. The van der Waals surface area contributed by atoms with Gasteiger partial charge < -0.3 is 0 Å². The zero-order valence-corrected chi connectivity index (χ0v) is 7.68. The van der Waals surface area contributed by atoms with Gasteiger partial charge in [0.05, 0.1) is 0 Å². The van der Waals surface area contributed by atoms with E-state index >= 15 is 0 Å². The van der Waals surface area contributed by atoms with Gasteiger partial charge in [0.1, 0.15) is 5.82 Å². The van der Waals surface area contributed by atoms with Crippen molar-refractivity contribution < 1.29 is 4.39 Å². The summed E-state index contributed by atoms with van der Waals surface area (Å²) in [6, 6.07) is 6.63. The molecule has 0 bridgehead atoms. The van der Waals surface area contributed by atoms with E-state index in [9.17, 15) is 4.39 Å². The minimum Gasteiger partial charge on any atom is -0.207 e. The van der Waals surface area contributed by atoms with Gasteiger partial charge in [0, 0.05) is 0 Å². The van der Waals surface area contributed by atoms with Crippen LogP contribution in [0.1, 0.15) is 25.3 Å². The number of rotatable bonds is 1. The fraction of sp³-hybridized carbons (Fsp3) is 0.273. The highest BCUT2D eigenvalue weighted by atomic mass is 19.1.